The zero-order chi connectivity index (χ0) is 21.2. The van der Waals surface area contributed by atoms with Gasteiger partial charge in [-0.05, 0) is 42.9 Å². The highest BCUT2D eigenvalue weighted by Crippen LogP contribution is 2.74. The summed E-state index contributed by atoms with van der Waals surface area (Å²) in [6, 6.07) is 9.63. The molecule has 0 saturated heterocycles. The molecule has 0 spiro atoms. The van der Waals surface area contributed by atoms with Crippen molar-refractivity contribution in [1.82, 2.24) is 19.8 Å². The zero-order valence-corrected chi connectivity index (χ0v) is 17.3. The molecule has 3 saturated carbocycles. The maximum Gasteiger partial charge on any atom is 0.249 e. The normalized spacial score (nSPS) is 28.1. The Morgan fingerprint density at radius 2 is 2.10 bits per heavy atom. The number of nitriles is 2. The zero-order valence-electron chi connectivity index (χ0n) is 16.5. The van der Waals surface area contributed by atoms with Gasteiger partial charge in [-0.2, -0.15) is 20.7 Å². The monoisotopic (exact) mass is 427 g/mol. The number of hydrogen-bond acceptors (Lipinski definition) is 7. The number of carbonyl (C=O) groups excluding carboxylic acids is 1. The summed E-state index contributed by atoms with van der Waals surface area (Å²) in [4.78, 5) is 17.7. The van der Waals surface area contributed by atoms with E-state index in [-0.39, 0.29) is 22.8 Å². The summed E-state index contributed by atoms with van der Waals surface area (Å²) < 4.78 is 2.00. The van der Waals surface area contributed by atoms with Crippen molar-refractivity contribution in [2.24, 2.45) is 15.9 Å². The maximum atomic E-state index is 13.3. The van der Waals surface area contributed by atoms with E-state index in [9.17, 15) is 4.79 Å². The Bertz CT molecular complexity index is 1330. The third-order valence-corrected chi connectivity index (χ3v) is 7.76. The summed E-state index contributed by atoms with van der Waals surface area (Å²) in [5.74, 6) is 0.0748. The molecule has 4 aliphatic rings. The van der Waals surface area contributed by atoms with E-state index in [0.29, 0.717) is 17.7 Å². The van der Waals surface area contributed by atoms with Crippen LogP contribution in [-0.2, 0) is 11.3 Å². The molecule has 9 heteroatoms. The third-order valence-electron chi connectivity index (χ3n) is 6.81. The molecule has 1 atom stereocenters. The van der Waals surface area contributed by atoms with Gasteiger partial charge in [-0.15, -0.1) is 11.3 Å². The molecule has 3 fully saturated rings. The minimum Gasteiger partial charge on any atom is -0.272 e. The molecule has 3 heterocycles. The second-order valence-corrected chi connectivity index (χ2v) is 9.77. The number of hydrazone groups is 1. The van der Waals surface area contributed by atoms with E-state index < -0.39 is 0 Å². The molecule has 7 rings (SSSR count). The average Bonchev–Trinajstić information content (AvgIpc) is 3.47. The number of aromatic nitrogens is 3. The summed E-state index contributed by atoms with van der Waals surface area (Å²) in [7, 11) is 0. The van der Waals surface area contributed by atoms with Crippen molar-refractivity contribution in [2.75, 3.05) is 0 Å². The SMILES string of the molecule is N#Cc1ccc2c(cnn2CC23CC(C(=O)N4N=CCC4c4nc(C#N)cs4)(C2)C3)c1. The van der Waals surface area contributed by atoms with Gasteiger partial charge in [-0.25, -0.2) is 9.99 Å². The third kappa shape index (κ3) is 2.57. The van der Waals surface area contributed by atoms with E-state index in [1.807, 2.05) is 22.9 Å². The highest BCUT2D eigenvalue weighted by molar-refractivity contribution is 7.09. The first kappa shape index (κ1) is 18.2. The van der Waals surface area contributed by atoms with Gasteiger partial charge in [0.1, 0.15) is 17.1 Å². The van der Waals surface area contributed by atoms with E-state index in [0.717, 1.165) is 41.7 Å². The standard InChI is InChI=1S/C22H17N7OS/c23-6-14-1-2-17-15(5-14)8-26-28(17)13-21-10-22(11-21,12-21)20(30)29-18(3-4-25-29)19-27-16(7-24)9-31-19/h1-2,4-5,8-9,18H,3,10-13H2. The number of rotatable bonds is 4. The first-order valence-corrected chi connectivity index (χ1v) is 11.0. The van der Waals surface area contributed by atoms with Gasteiger partial charge in [0.05, 0.1) is 28.8 Å². The van der Waals surface area contributed by atoms with Gasteiger partial charge in [0, 0.05) is 29.9 Å². The van der Waals surface area contributed by atoms with E-state index in [1.165, 1.54) is 11.3 Å². The van der Waals surface area contributed by atoms with Crippen LogP contribution in [-0.4, -0.2) is 31.9 Å². The molecule has 3 aliphatic carbocycles. The lowest BCUT2D eigenvalue weighted by Gasteiger charge is -2.69. The summed E-state index contributed by atoms with van der Waals surface area (Å²) >= 11 is 1.41. The first-order valence-electron chi connectivity index (χ1n) is 10.1. The first-order chi connectivity index (χ1) is 15.0. The van der Waals surface area contributed by atoms with Crippen molar-refractivity contribution in [3.05, 3.63) is 46.0 Å². The predicted octanol–water partition coefficient (Wildman–Crippen LogP) is 3.37. The fourth-order valence-electron chi connectivity index (χ4n) is 5.54. The highest BCUT2D eigenvalue weighted by Gasteiger charge is 2.72. The van der Waals surface area contributed by atoms with Crippen LogP contribution in [0.3, 0.4) is 0 Å². The molecule has 0 radical (unpaired) electrons. The number of hydrogen-bond donors (Lipinski definition) is 0. The molecular weight excluding hydrogens is 410 g/mol. The van der Waals surface area contributed by atoms with Gasteiger partial charge in [0.15, 0.2) is 5.69 Å². The minimum absolute atomic E-state index is 0.0748. The van der Waals surface area contributed by atoms with Crippen LogP contribution in [0.5, 0.6) is 0 Å². The molecule has 1 aliphatic heterocycles. The Morgan fingerprint density at radius 1 is 1.26 bits per heavy atom. The van der Waals surface area contributed by atoms with Gasteiger partial charge in [0.25, 0.3) is 0 Å². The van der Waals surface area contributed by atoms with Gasteiger partial charge in [0.2, 0.25) is 5.91 Å². The Hall–Kier alpha value is -3.56. The lowest BCUT2D eigenvalue weighted by Crippen LogP contribution is -2.68. The van der Waals surface area contributed by atoms with E-state index >= 15 is 0 Å². The number of carbonyl (C=O) groups is 1. The van der Waals surface area contributed by atoms with Gasteiger partial charge < -0.3 is 0 Å². The Balaban J connectivity index is 1.16. The molecular formula is C22H17N7OS. The Kier molecular flexibility index (Phi) is 3.66. The lowest BCUT2D eigenvalue weighted by atomic mass is 9.34. The van der Waals surface area contributed by atoms with Crippen molar-refractivity contribution in [3.63, 3.8) is 0 Å². The topological polar surface area (TPSA) is 111 Å². The number of nitrogens with zero attached hydrogens (tertiary/aromatic N) is 7. The van der Waals surface area contributed by atoms with Crippen LogP contribution in [0.25, 0.3) is 10.9 Å². The molecule has 31 heavy (non-hydrogen) atoms. The number of fused-ring (bicyclic) bond motifs is 1. The molecule has 1 aromatic carbocycles. The van der Waals surface area contributed by atoms with Crippen LogP contribution >= 0.6 is 11.3 Å². The van der Waals surface area contributed by atoms with Crippen LogP contribution in [0.1, 0.15) is 48.0 Å². The van der Waals surface area contributed by atoms with Crippen LogP contribution in [0.4, 0.5) is 0 Å². The second-order valence-electron chi connectivity index (χ2n) is 8.88. The summed E-state index contributed by atoms with van der Waals surface area (Å²) in [5.41, 5.74) is 1.82. The molecule has 1 unspecified atom stereocenters. The molecule has 152 valence electrons. The maximum absolute atomic E-state index is 13.3. The Morgan fingerprint density at radius 3 is 2.84 bits per heavy atom. The van der Waals surface area contributed by atoms with Crippen molar-refractivity contribution in [1.29, 1.82) is 10.5 Å². The molecule has 2 bridgehead atoms. The molecule has 3 aromatic rings. The summed E-state index contributed by atoms with van der Waals surface area (Å²) in [6.45, 7) is 0.780. The van der Waals surface area contributed by atoms with E-state index in [1.54, 1.807) is 22.8 Å². The van der Waals surface area contributed by atoms with Crippen molar-refractivity contribution < 1.29 is 4.79 Å². The van der Waals surface area contributed by atoms with Crippen molar-refractivity contribution >= 4 is 34.4 Å². The smallest absolute Gasteiger partial charge is 0.249 e. The molecule has 8 nitrogen and oxygen atoms in total. The molecule has 1 amide bonds. The summed E-state index contributed by atoms with van der Waals surface area (Å²) in [5, 5.41) is 32.0. The predicted molar refractivity (Wildman–Crippen MR) is 113 cm³/mol. The van der Waals surface area contributed by atoms with Crippen LogP contribution < -0.4 is 0 Å². The number of benzene rings is 1. The number of amides is 1. The number of thiazole rings is 1. The van der Waals surface area contributed by atoms with Crippen LogP contribution in [0.2, 0.25) is 0 Å². The fraction of sp³-hybridized carbons (Fsp3) is 0.364. The lowest BCUT2D eigenvalue weighted by molar-refractivity contribution is -0.223. The highest BCUT2D eigenvalue weighted by atomic mass is 32.1. The summed E-state index contributed by atoms with van der Waals surface area (Å²) in [6.07, 6.45) is 6.73. The second kappa shape index (κ2) is 6.22. The largest absolute Gasteiger partial charge is 0.272 e. The van der Waals surface area contributed by atoms with Crippen molar-refractivity contribution in [2.45, 2.75) is 38.3 Å². The van der Waals surface area contributed by atoms with Gasteiger partial charge in [-0.3, -0.25) is 9.48 Å². The fourth-order valence-corrected chi connectivity index (χ4v) is 6.38. The quantitative estimate of drug-likeness (QED) is 0.634. The van der Waals surface area contributed by atoms with E-state index in [2.05, 4.69) is 27.3 Å². The van der Waals surface area contributed by atoms with Crippen LogP contribution in [0, 0.1) is 33.5 Å². The van der Waals surface area contributed by atoms with E-state index in [4.69, 9.17) is 10.5 Å². The van der Waals surface area contributed by atoms with Gasteiger partial charge >= 0.3 is 0 Å². The minimum atomic E-state index is -0.327. The molecule has 0 N–H and O–H groups in total. The van der Waals surface area contributed by atoms with Gasteiger partial charge in [-0.1, -0.05) is 0 Å². The van der Waals surface area contributed by atoms with Crippen molar-refractivity contribution in [3.8, 4) is 12.1 Å². The average molecular weight is 427 g/mol. The Labute approximate surface area is 182 Å². The molecule has 2 aromatic heterocycles. The van der Waals surface area contributed by atoms with Crippen LogP contribution in [0.15, 0.2) is 34.9 Å².